The Labute approximate surface area is 121 Å². The first-order chi connectivity index (χ1) is 9.60. The van der Waals surface area contributed by atoms with Crippen molar-refractivity contribution in [3.05, 3.63) is 11.8 Å². The second-order valence-corrected chi connectivity index (χ2v) is 5.63. The third-order valence-corrected chi connectivity index (χ3v) is 3.51. The first kappa shape index (κ1) is 15.0. The lowest BCUT2D eigenvalue weighted by atomic mass is 10.2. The summed E-state index contributed by atoms with van der Waals surface area (Å²) in [5.74, 6) is 1.49. The van der Waals surface area contributed by atoms with Gasteiger partial charge >= 0.3 is 0 Å². The number of hydrogen-bond acceptors (Lipinski definition) is 5. The summed E-state index contributed by atoms with van der Waals surface area (Å²) in [7, 11) is 0. The molecule has 1 aliphatic heterocycles. The van der Waals surface area contributed by atoms with Gasteiger partial charge in [-0.05, 0) is 26.7 Å². The van der Waals surface area contributed by atoms with E-state index in [1.807, 2.05) is 19.9 Å². The average Bonchev–Trinajstić information content (AvgIpc) is 2.84. The molecule has 1 N–H and O–H groups in total. The normalized spacial score (nSPS) is 18.9. The Bertz CT molecular complexity index is 436. The lowest BCUT2D eigenvalue weighted by molar-refractivity contribution is 0.325. The Morgan fingerprint density at radius 1 is 1.45 bits per heavy atom. The van der Waals surface area contributed by atoms with E-state index in [0.29, 0.717) is 24.6 Å². The van der Waals surface area contributed by atoms with Crippen LogP contribution in [0.2, 0.25) is 0 Å². The van der Waals surface area contributed by atoms with Crippen molar-refractivity contribution in [1.82, 2.24) is 15.3 Å². The number of nitrogens with one attached hydrogen (secondary N) is 1. The second-order valence-electron chi connectivity index (χ2n) is 5.63. The van der Waals surface area contributed by atoms with E-state index in [1.165, 1.54) is 12.8 Å². The molecule has 1 aliphatic rings. The van der Waals surface area contributed by atoms with Gasteiger partial charge in [0.1, 0.15) is 0 Å². The summed E-state index contributed by atoms with van der Waals surface area (Å²) >= 11 is 0. The van der Waals surface area contributed by atoms with E-state index in [9.17, 15) is 0 Å². The van der Waals surface area contributed by atoms with Gasteiger partial charge in [-0.15, -0.1) is 0 Å². The summed E-state index contributed by atoms with van der Waals surface area (Å²) in [4.78, 5) is 11.4. The largest absolute Gasteiger partial charge is 0.478 e. The molecule has 0 aliphatic carbocycles. The Balaban J connectivity index is 2.12. The van der Waals surface area contributed by atoms with Gasteiger partial charge in [-0.1, -0.05) is 13.8 Å². The van der Waals surface area contributed by atoms with Crippen LogP contribution >= 0.6 is 0 Å². The highest BCUT2D eigenvalue weighted by Gasteiger charge is 2.27. The van der Waals surface area contributed by atoms with Crippen LogP contribution in [0.3, 0.4) is 0 Å². The maximum atomic E-state index is 5.53. The quantitative estimate of drug-likeness (QED) is 0.864. The molecule has 2 heterocycles. The maximum Gasteiger partial charge on any atom is 0.229 e. The van der Waals surface area contributed by atoms with Gasteiger partial charge < -0.3 is 15.0 Å². The number of aromatic nitrogens is 2. The van der Waals surface area contributed by atoms with Crippen LogP contribution in [0.4, 0.5) is 5.95 Å². The topological polar surface area (TPSA) is 50.3 Å². The first-order valence-electron chi connectivity index (χ1n) is 7.58. The number of ether oxygens (including phenoxy) is 1. The molecule has 0 bridgehead atoms. The Hall–Kier alpha value is -1.36. The molecule has 0 aromatic carbocycles. The molecule has 0 saturated carbocycles. The number of aryl methyl sites for hydroxylation is 1. The lowest BCUT2D eigenvalue weighted by Gasteiger charge is -2.26. The van der Waals surface area contributed by atoms with Crippen LogP contribution in [-0.2, 0) is 0 Å². The Morgan fingerprint density at radius 3 is 2.95 bits per heavy atom. The van der Waals surface area contributed by atoms with Crippen molar-refractivity contribution in [3.8, 4) is 5.88 Å². The molecule has 5 heteroatoms. The Kier molecular flexibility index (Phi) is 5.17. The zero-order valence-corrected chi connectivity index (χ0v) is 13.0. The summed E-state index contributed by atoms with van der Waals surface area (Å²) in [6.45, 7) is 11.0. The predicted molar refractivity (Wildman–Crippen MR) is 81.4 cm³/mol. The van der Waals surface area contributed by atoms with Crippen molar-refractivity contribution in [3.63, 3.8) is 0 Å². The van der Waals surface area contributed by atoms with Gasteiger partial charge in [0.2, 0.25) is 11.8 Å². The van der Waals surface area contributed by atoms with E-state index in [1.54, 1.807) is 0 Å². The van der Waals surface area contributed by atoms with Crippen LogP contribution in [0.1, 0.15) is 39.3 Å². The highest BCUT2D eigenvalue weighted by atomic mass is 16.5. The highest BCUT2D eigenvalue weighted by molar-refractivity contribution is 5.37. The fraction of sp³-hybridized carbons (Fsp3) is 0.733. The number of anilines is 1. The summed E-state index contributed by atoms with van der Waals surface area (Å²) in [6.07, 6.45) is 2.40. The molecule has 2 rings (SSSR count). The monoisotopic (exact) mass is 278 g/mol. The highest BCUT2D eigenvalue weighted by Crippen LogP contribution is 2.24. The number of rotatable bonds is 6. The van der Waals surface area contributed by atoms with Crippen molar-refractivity contribution in [1.29, 1.82) is 0 Å². The molecule has 1 fully saturated rings. The van der Waals surface area contributed by atoms with E-state index in [-0.39, 0.29) is 0 Å². The van der Waals surface area contributed by atoms with Gasteiger partial charge in [0.05, 0.1) is 6.61 Å². The van der Waals surface area contributed by atoms with Crippen molar-refractivity contribution in [2.45, 2.75) is 52.6 Å². The predicted octanol–water partition coefficient (Wildman–Crippen LogP) is 2.15. The van der Waals surface area contributed by atoms with Crippen LogP contribution in [0.5, 0.6) is 5.88 Å². The van der Waals surface area contributed by atoms with Crippen molar-refractivity contribution in [2.75, 3.05) is 24.6 Å². The SMILES string of the molecule is CCOc1cc(C)nc(N2CCCC2CNC(C)C)n1. The second kappa shape index (κ2) is 6.88. The van der Waals surface area contributed by atoms with Crippen molar-refractivity contribution in [2.24, 2.45) is 0 Å². The summed E-state index contributed by atoms with van der Waals surface area (Å²) in [5, 5.41) is 3.51. The van der Waals surface area contributed by atoms with Crippen LogP contribution in [0, 0.1) is 6.92 Å². The molecule has 5 nitrogen and oxygen atoms in total. The van der Waals surface area contributed by atoms with Crippen LogP contribution in [-0.4, -0.2) is 41.7 Å². The average molecular weight is 278 g/mol. The van der Waals surface area contributed by atoms with E-state index in [0.717, 1.165) is 24.7 Å². The van der Waals surface area contributed by atoms with Gasteiger partial charge in [-0.2, -0.15) is 4.98 Å². The van der Waals surface area contributed by atoms with Gasteiger partial charge in [0, 0.05) is 36.9 Å². The standard InChI is InChI=1S/C15H26N4O/c1-5-20-14-9-12(4)17-15(18-14)19-8-6-7-13(19)10-16-11(2)3/h9,11,13,16H,5-8,10H2,1-4H3. The molecule has 1 aromatic heterocycles. The minimum atomic E-state index is 0.480. The third-order valence-electron chi connectivity index (χ3n) is 3.51. The van der Waals surface area contributed by atoms with Crippen molar-refractivity contribution >= 4 is 5.95 Å². The number of hydrogen-bond donors (Lipinski definition) is 1. The first-order valence-corrected chi connectivity index (χ1v) is 7.58. The lowest BCUT2D eigenvalue weighted by Crippen LogP contribution is -2.41. The third kappa shape index (κ3) is 3.82. The van der Waals surface area contributed by atoms with E-state index < -0.39 is 0 Å². The smallest absolute Gasteiger partial charge is 0.229 e. The van der Waals surface area contributed by atoms with Gasteiger partial charge in [0.15, 0.2) is 0 Å². The van der Waals surface area contributed by atoms with Crippen LogP contribution in [0.15, 0.2) is 6.07 Å². The van der Waals surface area contributed by atoms with Gasteiger partial charge in [0.25, 0.3) is 0 Å². The molecule has 1 saturated heterocycles. The van der Waals surface area contributed by atoms with Gasteiger partial charge in [-0.3, -0.25) is 0 Å². The molecule has 0 radical (unpaired) electrons. The molecule has 0 amide bonds. The Morgan fingerprint density at radius 2 is 2.25 bits per heavy atom. The summed E-state index contributed by atoms with van der Waals surface area (Å²) in [5.41, 5.74) is 0.959. The molecular formula is C15H26N4O. The molecule has 1 atom stereocenters. The van der Waals surface area contributed by atoms with Crippen molar-refractivity contribution < 1.29 is 4.74 Å². The zero-order valence-electron chi connectivity index (χ0n) is 13.0. The summed E-state index contributed by atoms with van der Waals surface area (Å²) < 4.78 is 5.53. The minimum absolute atomic E-state index is 0.480. The summed E-state index contributed by atoms with van der Waals surface area (Å²) in [6, 6.07) is 2.88. The van der Waals surface area contributed by atoms with E-state index >= 15 is 0 Å². The van der Waals surface area contributed by atoms with E-state index in [4.69, 9.17) is 4.74 Å². The van der Waals surface area contributed by atoms with E-state index in [2.05, 4.69) is 34.0 Å². The molecular weight excluding hydrogens is 252 g/mol. The fourth-order valence-corrected chi connectivity index (χ4v) is 2.56. The maximum absolute atomic E-state index is 5.53. The molecule has 0 spiro atoms. The number of nitrogens with zero attached hydrogens (tertiary/aromatic N) is 3. The zero-order chi connectivity index (χ0) is 14.5. The van der Waals surface area contributed by atoms with Crippen LogP contribution in [0.25, 0.3) is 0 Å². The van der Waals surface area contributed by atoms with Gasteiger partial charge in [-0.25, -0.2) is 4.98 Å². The molecule has 112 valence electrons. The molecule has 1 unspecified atom stereocenters. The van der Waals surface area contributed by atoms with Crippen LogP contribution < -0.4 is 15.0 Å². The molecule has 1 aromatic rings. The molecule has 20 heavy (non-hydrogen) atoms. The minimum Gasteiger partial charge on any atom is -0.478 e. The fourth-order valence-electron chi connectivity index (χ4n) is 2.56.